The van der Waals surface area contributed by atoms with Crippen LogP contribution < -0.4 is 0 Å². The van der Waals surface area contributed by atoms with Gasteiger partial charge in [-0.1, -0.05) is 37.3 Å². The van der Waals surface area contributed by atoms with Gasteiger partial charge >= 0.3 is 0 Å². The highest BCUT2D eigenvalue weighted by molar-refractivity contribution is 5.40. The van der Waals surface area contributed by atoms with Crippen LogP contribution in [0.25, 0.3) is 0 Å². The molecule has 20 heavy (non-hydrogen) atoms. The molecule has 0 amide bonds. The van der Waals surface area contributed by atoms with Gasteiger partial charge in [0.1, 0.15) is 11.9 Å². The molecule has 108 valence electrons. The van der Waals surface area contributed by atoms with Crippen molar-refractivity contribution in [1.29, 1.82) is 0 Å². The van der Waals surface area contributed by atoms with E-state index in [-0.39, 0.29) is 6.10 Å². The lowest BCUT2D eigenvalue weighted by molar-refractivity contribution is 0.0706. The number of ether oxygens (including phenoxy) is 1. The summed E-state index contributed by atoms with van der Waals surface area (Å²) in [7, 11) is 0. The molecule has 1 aliphatic rings. The fourth-order valence-electron chi connectivity index (χ4n) is 3.59. The molecule has 1 saturated carbocycles. The van der Waals surface area contributed by atoms with Gasteiger partial charge in [-0.3, -0.25) is 0 Å². The highest BCUT2D eigenvalue weighted by Gasteiger charge is 2.30. The van der Waals surface area contributed by atoms with E-state index in [1.807, 2.05) is 0 Å². The number of rotatable bonds is 4. The molecule has 2 atom stereocenters. The van der Waals surface area contributed by atoms with Crippen molar-refractivity contribution >= 4 is 0 Å². The highest BCUT2D eigenvalue weighted by atomic mass is 16.5. The Morgan fingerprint density at radius 1 is 1.15 bits per heavy atom. The second kappa shape index (κ2) is 6.30. The van der Waals surface area contributed by atoms with Crippen LogP contribution in [0, 0.1) is 20.8 Å². The van der Waals surface area contributed by atoms with Crippen molar-refractivity contribution in [2.24, 2.45) is 0 Å². The van der Waals surface area contributed by atoms with Gasteiger partial charge in [0, 0.05) is 5.92 Å². The standard InChI is InChI=1S/C19H26O/c1-6-16(5)20-18-10-8-7-9-17(18)19-14(3)11-13(2)12-15(19)4/h6,11-12,17-18H,1,5,7-10H2,2-4H3/t17-,18-/m1/s1. The van der Waals surface area contributed by atoms with Crippen LogP contribution in [0.5, 0.6) is 0 Å². The van der Waals surface area contributed by atoms with Crippen LogP contribution in [0.4, 0.5) is 0 Å². The minimum absolute atomic E-state index is 0.245. The Balaban J connectivity index is 2.32. The molecule has 0 aliphatic heterocycles. The minimum Gasteiger partial charge on any atom is -0.490 e. The first-order valence-corrected chi connectivity index (χ1v) is 7.58. The summed E-state index contributed by atoms with van der Waals surface area (Å²) in [5.74, 6) is 1.19. The molecule has 1 nitrogen and oxygen atoms in total. The zero-order chi connectivity index (χ0) is 14.7. The summed E-state index contributed by atoms with van der Waals surface area (Å²) >= 11 is 0. The number of benzene rings is 1. The number of aryl methyl sites for hydroxylation is 3. The lowest BCUT2D eigenvalue weighted by Gasteiger charge is -2.34. The average molecular weight is 270 g/mol. The number of hydrogen-bond donors (Lipinski definition) is 0. The Kier molecular flexibility index (Phi) is 4.69. The van der Waals surface area contributed by atoms with E-state index in [0.717, 1.165) is 6.42 Å². The van der Waals surface area contributed by atoms with Crippen molar-refractivity contribution in [3.8, 4) is 0 Å². The van der Waals surface area contributed by atoms with Crippen LogP contribution in [-0.2, 0) is 4.74 Å². The van der Waals surface area contributed by atoms with Crippen molar-refractivity contribution in [1.82, 2.24) is 0 Å². The smallest absolute Gasteiger partial charge is 0.111 e. The fourth-order valence-corrected chi connectivity index (χ4v) is 3.59. The Morgan fingerprint density at radius 3 is 2.35 bits per heavy atom. The van der Waals surface area contributed by atoms with Gasteiger partial charge in [0.05, 0.1) is 0 Å². The van der Waals surface area contributed by atoms with E-state index in [9.17, 15) is 0 Å². The van der Waals surface area contributed by atoms with Gasteiger partial charge in [0.25, 0.3) is 0 Å². The van der Waals surface area contributed by atoms with Crippen molar-refractivity contribution in [2.45, 2.75) is 58.5 Å². The topological polar surface area (TPSA) is 9.23 Å². The quantitative estimate of drug-likeness (QED) is 0.529. The summed E-state index contributed by atoms with van der Waals surface area (Å²) in [5, 5.41) is 0. The molecule has 0 N–H and O–H groups in total. The second-order valence-electron chi connectivity index (χ2n) is 6.03. The fraction of sp³-hybridized carbons (Fsp3) is 0.474. The van der Waals surface area contributed by atoms with Crippen LogP contribution >= 0.6 is 0 Å². The van der Waals surface area contributed by atoms with Crippen LogP contribution in [0.1, 0.15) is 53.9 Å². The zero-order valence-corrected chi connectivity index (χ0v) is 13.0. The maximum Gasteiger partial charge on any atom is 0.111 e. The van der Waals surface area contributed by atoms with Gasteiger partial charge in [-0.2, -0.15) is 0 Å². The van der Waals surface area contributed by atoms with Crippen LogP contribution in [0.3, 0.4) is 0 Å². The van der Waals surface area contributed by atoms with E-state index >= 15 is 0 Å². The van der Waals surface area contributed by atoms with Crippen molar-refractivity contribution < 1.29 is 4.74 Å². The zero-order valence-electron chi connectivity index (χ0n) is 13.0. The molecule has 0 heterocycles. The number of hydrogen-bond acceptors (Lipinski definition) is 1. The molecule has 0 radical (unpaired) electrons. The summed E-state index contributed by atoms with van der Waals surface area (Å²) in [6, 6.07) is 4.58. The van der Waals surface area contributed by atoms with Gasteiger partial charge in [-0.05, 0) is 62.8 Å². The van der Waals surface area contributed by atoms with E-state index < -0.39 is 0 Å². The Morgan fingerprint density at radius 2 is 1.75 bits per heavy atom. The van der Waals surface area contributed by atoms with E-state index in [4.69, 9.17) is 4.74 Å². The summed E-state index contributed by atoms with van der Waals surface area (Å²) in [6.45, 7) is 14.3. The molecule has 0 bridgehead atoms. The Bertz CT molecular complexity index is 489. The summed E-state index contributed by atoms with van der Waals surface area (Å²) in [4.78, 5) is 0. The SMILES string of the molecule is C=CC(=C)O[C@@H]1CCCC[C@H]1c1c(C)cc(C)cc1C. The van der Waals surface area contributed by atoms with Crippen molar-refractivity contribution in [3.63, 3.8) is 0 Å². The van der Waals surface area contributed by atoms with Crippen LogP contribution in [0.2, 0.25) is 0 Å². The molecule has 1 fully saturated rings. The first kappa shape index (κ1) is 14.9. The molecule has 1 heteroatoms. The average Bonchev–Trinajstić information content (AvgIpc) is 2.39. The third kappa shape index (κ3) is 3.15. The van der Waals surface area contributed by atoms with E-state index in [1.165, 1.54) is 41.5 Å². The van der Waals surface area contributed by atoms with Gasteiger partial charge in [0.15, 0.2) is 0 Å². The molecule has 2 rings (SSSR count). The predicted octanol–water partition coefficient (Wildman–Crippen LogP) is 5.35. The van der Waals surface area contributed by atoms with Gasteiger partial charge < -0.3 is 4.74 Å². The van der Waals surface area contributed by atoms with Gasteiger partial charge in [-0.15, -0.1) is 0 Å². The third-order valence-corrected chi connectivity index (χ3v) is 4.34. The van der Waals surface area contributed by atoms with Crippen molar-refractivity contribution in [3.05, 3.63) is 59.4 Å². The lowest BCUT2D eigenvalue weighted by atomic mass is 9.78. The third-order valence-electron chi connectivity index (χ3n) is 4.34. The monoisotopic (exact) mass is 270 g/mol. The molecule has 0 unspecified atom stereocenters. The number of allylic oxidation sites excluding steroid dienone is 1. The van der Waals surface area contributed by atoms with E-state index in [2.05, 4.69) is 46.1 Å². The van der Waals surface area contributed by atoms with Crippen molar-refractivity contribution in [2.75, 3.05) is 0 Å². The van der Waals surface area contributed by atoms with E-state index in [0.29, 0.717) is 11.7 Å². The van der Waals surface area contributed by atoms with Crippen LogP contribution in [0.15, 0.2) is 37.1 Å². The molecular formula is C19H26O. The highest BCUT2D eigenvalue weighted by Crippen LogP contribution is 2.39. The summed E-state index contributed by atoms with van der Waals surface area (Å²) in [6.07, 6.45) is 6.81. The van der Waals surface area contributed by atoms with Crippen LogP contribution in [-0.4, -0.2) is 6.10 Å². The maximum atomic E-state index is 6.04. The molecule has 0 aromatic heterocycles. The molecular weight excluding hydrogens is 244 g/mol. The van der Waals surface area contributed by atoms with Gasteiger partial charge in [0.2, 0.25) is 0 Å². The second-order valence-corrected chi connectivity index (χ2v) is 6.03. The Hall–Kier alpha value is -1.50. The minimum atomic E-state index is 0.245. The molecule has 1 aromatic rings. The first-order chi connectivity index (χ1) is 9.52. The molecule has 1 aliphatic carbocycles. The molecule has 0 saturated heterocycles. The Labute approximate surface area is 123 Å². The summed E-state index contributed by atoms with van der Waals surface area (Å²) < 4.78 is 6.04. The predicted molar refractivity (Wildman–Crippen MR) is 86.1 cm³/mol. The normalized spacial score (nSPS) is 22.4. The molecule has 0 spiro atoms. The van der Waals surface area contributed by atoms with E-state index in [1.54, 1.807) is 6.08 Å². The molecule has 1 aromatic carbocycles. The lowest BCUT2D eigenvalue weighted by Crippen LogP contribution is -2.27. The van der Waals surface area contributed by atoms with Gasteiger partial charge in [-0.25, -0.2) is 0 Å². The summed E-state index contributed by atoms with van der Waals surface area (Å²) in [5.41, 5.74) is 5.61. The largest absolute Gasteiger partial charge is 0.490 e. The first-order valence-electron chi connectivity index (χ1n) is 7.58. The maximum absolute atomic E-state index is 6.04.